The van der Waals surface area contributed by atoms with Crippen molar-refractivity contribution in [3.8, 4) is 11.4 Å². The van der Waals surface area contributed by atoms with Gasteiger partial charge >= 0.3 is 0 Å². The van der Waals surface area contributed by atoms with E-state index in [0.29, 0.717) is 6.04 Å². The molecule has 4 heteroatoms. The molecule has 5 rings (SSSR count). The van der Waals surface area contributed by atoms with Crippen LogP contribution >= 0.6 is 0 Å². The predicted molar refractivity (Wildman–Crippen MR) is 122 cm³/mol. The second-order valence-corrected chi connectivity index (χ2v) is 8.11. The number of benzene rings is 3. The lowest BCUT2D eigenvalue weighted by molar-refractivity contribution is -0.918. The van der Waals surface area contributed by atoms with Gasteiger partial charge in [0.2, 0.25) is 0 Å². The molecule has 0 saturated carbocycles. The monoisotopic (exact) mass is 395 g/mol. The number of hydrogen-bond acceptors (Lipinski definition) is 3. The number of hydrogen-bond donors (Lipinski definition) is 2. The van der Waals surface area contributed by atoms with Crippen molar-refractivity contribution in [3.05, 3.63) is 90.5 Å². The highest BCUT2D eigenvalue weighted by Gasteiger charge is 2.23. The van der Waals surface area contributed by atoms with Crippen molar-refractivity contribution in [1.82, 2.24) is 9.97 Å². The van der Waals surface area contributed by atoms with E-state index in [1.165, 1.54) is 18.7 Å². The Kier molecular flexibility index (Phi) is 5.40. The fourth-order valence-electron chi connectivity index (χ4n) is 4.33. The van der Waals surface area contributed by atoms with Gasteiger partial charge in [-0.25, -0.2) is 9.97 Å². The van der Waals surface area contributed by atoms with E-state index in [2.05, 4.69) is 66.0 Å². The molecule has 1 saturated heterocycles. The number of anilines is 1. The van der Waals surface area contributed by atoms with Gasteiger partial charge in [-0.05, 0) is 12.1 Å². The Morgan fingerprint density at radius 1 is 0.767 bits per heavy atom. The van der Waals surface area contributed by atoms with Gasteiger partial charge in [0.15, 0.2) is 5.82 Å². The van der Waals surface area contributed by atoms with E-state index < -0.39 is 0 Å². The van der Waals surface area contributed by atoms with Gasteiger partial charge in [0.05, 0.1) is 18.6 Å². The fraction of sp³-hybridized carbons (Fsp3) is 0.231. The number of likely N-dealkylation sites (tertiary alicyclic amines) is 1. The van der Waals surface area contributed by atoms with Crippen LogP contribution in [0.15, 0.2) is 84.9 Å². The van der Waals surface area contributed by atoms with Crippen molar-refractivity contribution >= 4 is 16.7 Å². The van der Waals surface area contributed by atoms with Crippen LogP contribution in [0, 0.1) is 0 Å². The molecule has 150 valence electrons. The second kappa shape index (κ2) is 8.64. The van der Waals surface area contributed by atoms with Crippen LogP contribution in [-0.4, -0.2) is 29.1 Å². The molecule has 0 radical (unpaired) electrons. The van der Waals surface area contributed by atoms with E-state index in [1.807, 2.05) is 24.3 Å². The van der Waals surface area contributed by atoms with E-state index in [4.69, 9.17) is 9.97 Å². The summed E-state index contributed by atoms with van der Waals surface area (Å²) in [6.45, 7) is 3.48. The van der Waals surface area contributed by atoms with Gasteiger partial charge in [0, 0.05) is 35.4 Å². The molecule has 4 nitrogen and oxygen atoms in total. The van der Waals surface area contributed by atoms with E-state index in [0.717, 1.165) is 47.5 Å². The first-order valence-corrected chi connectivity index (χ1v) is 10.8. The third-order valence-electron chi connectivity index (χ3n) is 5.97. The molecule has 1 aliphatic heterocycles. The molecule has 0 spiro atoms. The van der Waals surface area contributed by atoms with Gasteiger partial charge in [0.1, 0.15) is 12.4 Å². The highest BCUT2D eigenvalue weighted by atomic mass is 15.1. The normalized spacial score (nSPS) is 18.9. The maximum absolute atomic E-state index is 4.92. The third kappa shape index (κ3) is 4.19. The molecule has 1 aliphatic rings. The van der Waals surface area contributed by atoms with Crippen molar-refractivity contribution < 1.29 is 4.90 Å². The first-order valence-electron chi connectivity index (χ1n) is 10.8. The van der Waals surface area contributed by atoms with Crippen molar-refractivity contribution in [2.24, 2.45) is 0 Å². The number of quaternary nitrogens is 1. The lowest BCUT2D eigenvalue weighted by atomic mass is 10.0. The number of rotatable bonds is 5. The molecule has 0 unspecified atom stereocenters. The molecule has 0 aliphatic carbocycles. The first kappa shape index (κ1) is 18.8. The van der Waals surface area contributed by atoms with Crippen molar-refractivity contribution in [2.45, 2.75) is 25.4 Å². The molecule has 2 N–H and O–H groups in total. The summed E-state index contributed by atoms with van der Waals surface area (Å²) in [6, 6.07) is 29.8. The topological polar surface area (TPSA) is 42.2 Å². The Morgan fingerprint density at radius 3 is 2.20 bits per heavy atom. The van der Waals surface area contributed by atoms with Gasteiger partial charge in [-0.3, -0.25) is 0 Å². The largest absolute Gasteiger partial charge is 0.366 e. The number of aromatic nitrogens is 2. The molecular weight excluding hydrogens is 368 g/mol. The van der Waals surface area contributed by atoms with Gasteiger partial charge in [0.25, 0.3) is 0 Å². The molecule has 1 fully saturated rings. The van der Waals surface area contributed by atoms with E-state index >= 15 is 0 Å². The summed E-state index contributed by atoms with van der Waals surface area (Å²) in [7, 11) is 0. The average Bonchev–Trinajstić information content (AvgIpc) is 2.81. The summed E-state index contributed by atoms with van der Waals surface area (Å²) in [6.07, 6.45) is 2.31. The number of para-hydroxylation sites is 1. The maximum atomic E-state index is 4.92. The summed E-state index contributed by atoms with van der Waals surface area (Å²) in [5.41, 5.74) is 3.46. The first-order chi connectivity index (χ1) is 14.8. The van der Waals surface area contributed by atoms with Crippen LogP contribution < -0.4 is 10.2 Å². The molecule has 3 aromatic carbocycles. The molecule has 2 heterocycles. The zero-order valence-electron chi connectivity index (χ0n) is 17.1. The summed E-state index contributed by atoms with van der Waals surface area (Å²) < 4.78 is 0. The van der Waals surface area contributed by atoms with Gasteiger partial charge in [-0.15, -0.1) is 0 Å². The minimum absolute atomic E-state index is 0.450. The van der Waals surface area contributed by atoms with Crippen molar-refractivity contribution in [3.63, 3.8) is 0 Å². The molecule has 4 aromatic rings. The average molecular weight is 396 g/mol. The van der Waals surface area contributed by atoms with Crippen LogP contribution in [0.4, 0.5) is 5.82 Å². The fourth-order valence-corrected chi connectivity index (χ4v) is 4.33. The van der Waals surface area contributed by atoms with Crippen molar-refractivity contribution in [1.29, 1.82) is 0 Å². The molecular formula is C26H27N4+. The number of piperidine rings is 1. The van der Waals surface area contributed by atoms with Gasteiger partial charge < -0.3 is 10.2 Å². The smallest absolute Gasteiger partial charge is 0.162 e. The Labute approximate surface area is 177 Å². The Bertz CT molecular complexity index is 1100. The summed E-state index contributed by atoms with van der Waals surface area (Å²) in [5, 5.41) is 4.85. The summed E-state index contributed by atoms with van der Waals surface area (Å²) >= 11 is 0. The molecule has 0 amide bonds. The van der Waals surface area contributed by atoms with E-state index in [1.54, 1.807) is 4.90 Å². The Balaban J connectivity index is 1.33. The highest BCUT2D eigenvalue weighted by molar-refractivity contribution is 5.90. The standard InChI is InChI=1S/C26H26N4/c1-3-9-20(10-4-1)19-30-17-15-22(16-18-30)27-26-23-13-7-8-14-24(23)28-25(29-26)21-11-5-2-6-12-21/h1-14,22H,15-19H2,(H,27,28,29)/p+1. The minimum atomic E-state index is 0.450. The predicted octanol–water partition coefficient (Wildman–Crippen LogP) is 3.96. The summed E-state index contributed by atoms with van der Waals surface area (Å²) in [5.74, 6) is 1.74. The second-order valence-electron chi connectivity index (χ2n) is 8.11. The van der Waals surface area contributed by atoms with Crippen LogP contribution in [0.2, 0.25) is 0 Å². The molecule has 1 aromatic heterocycles. The van der Waals surface area contributed by atoms with Crippen LogP contribution in [-0.2, 0) is 6.54 Å². The van der Waals surface area contributed by atoms with Crippen LogP contribution in [0.1, 0.15) is 18.4 Å². The quantitative estimate of drug-likeness (QED) is 0.538. The highest BCUT2D eigenvalue weighted by Crippen LogP contribution is 2.26. The zero-order valence-corrected chi connectivity index (χ0v) is 17.1. The summed E-state index contributed by atoms with van der Waals surface area (Å²) in [4.78, 5) is 11.4. The van der Waals surface area contributed by atoms with E-state index in [-0.39, 0.29) is 0 Å². The maximum Gasteiger partial charge on any atom is 0.162 e. The third-order valence-corrected chi connectivity index (χ3v) is 5.97. The van der Waals surface area contributed by atoms with Crippen molar-refractivity contribution in [2.75, 3.05) is 18.4 Å². The number of fused-ring (bicyclic) bond motifs is 1. The lowest BCUT2D eigenvalue weighted by Crippen LogP contribution is -3.12. The number of nitrogens with zero attached hydrogens (tertiary/aromatic N) is 2. The van der Waals surface area contributed by atoms with Crippen LogP contribution in [0.3, 0.4) is 0 Å². The van der Waals surface area contributed by atoms with Gasteiger partial charge in [-0.2, -0.15) is 0 Å². The minimum Gasteiger partial charge on any atom is -0.366 e. The lowest BCUT2D eigenvalue weighted by Gasteiger charge is -2.30. The number of nitrogens with one attached hydrogen (secondary N) is 2. The molecule has 0 atom stereocenters. The Hall–Kier alpha value is -3.24. The Morgan fingerprint density at radius 2 is 1.43 bits per heavy atom. The SMILES string of the molecule is c1ccc(C[NH+]2CCC(Nc3nc(-c4ccccc4)nc4ccccc34)CC2)cc1. The molecule has 0 bridgehead atoms. The van der Waals surface area contributed by atoms with Crippen LogP contribution in [0.5, 0.6) is 0 Å². The zero-order chi connectivity index (χ0) is 20.2. The van der Waals surface area contributed by atoms with Gasteiger partial charge in [-0.1, -0.05) is 72.8 Å². The van der Waals surface area contributed by atoms with E-state index in [9.17, 15) is 0 Å². The van der Waals surface area contributed by atoms with Crippen LogP contribution in [0.25, 0.3) is 22.3 Å². The molecule has 30 heavy (non-hydrogen) atoms.